The Morgan fingerprint density at radius 3 is 2.19 bits per heavy atom. The molecule has 1 atom stereocenters. The maximum atomic E-state index is 11.5. The summed E-state index contributed by atoms with van der Waals surface area (Å²) in [5, 5.41) is 11.4. The van der Waals surface area contributed by atoms with E-state index in [-0.39, 0.29) is 18.2 Å². The zero-order valence-corrected chi connectivity index (χ0v) is 10.4. The Labute approximate surface area is 96.4 Å². The topological polar surface area (TPSA) is 92.4 Å². The first-order chi connectivity index (χ1) is 7.13. The molecule has 0 aromatic carbocycles. The minimum atomic E-state index is -1.00. The molecule has 0 bridgehead atoms. The van der Waals surface area contributed by atoms with Crippen molar-refractivity contribution < 1.29 is 14.7 Å². The highest BCUT2D eigenvalue weighted by Crippen LogP contribution is 2.08. The lowest BCUT2D eigenvalue weighted by atomic mass is 9.99. The number of carbonyl (C=O) groups excluding carboxylic acids is 1. The molecule has 0 radical (unpaired) electrons. The second-order valence-electron chi connectivity index (χ2n) is 5.12. The number of nitrogens with two attached hydrogens (primary N) is 1. The molecule has 16 heavy (non-hydrogen) atoms. The van der Waals surface area contributed by atoms with Crippen LogP contribution in [-0.4, -0.2) is 28.6 Å². The highest BCUT2D eigenvalue weighted by molar-refractivity contribution is 5.83. The van der Waals surface area contributed by atoms with Gasteiger partial charge in [0.25, 0.3) is 0 Å². The lowest BCUT2D eigenvalue weighted by molar-refractivity contribution is -0.143. The van der Waals surface area contributed by atoms with Crippen LogP contribution in [0.5, 0.6) is 0 Å². The summed E-state index contributed by atoms with van der Waals surface area (Å²) >= 11 is 0. The summed E-state index contributed by atoms with van der Waals surface area (Å²) in [6.07, 6.45) is 0.781. The maximum absolute atomic E-state index is 11.5. The van der Waals surface area contributed by atoms with Crippen LogP contribution < -0.4 is 11.1 Å². The molecule has 0 aliphatic rings. The van der Waals surface area contributed by atoms with E-state index in [1.54, 1.807) is 13.8 Å². The molecule has 5 heteroatoms. The fourth-order valence-corrected chi connectivity index (χ4v) is 1.19. The molecule has 0 aromatic heterocycles. The van der Waals surface area contributed by atoms with E-state index in [1.807, 2.05) is 13.8 Å². The predicted octanol–water partition coefficient (Wildman–Crippen LogP) is 0.729. The van der Waals surface area contributed by atoms with Gasteiger partial charge in [-0.1, -0.05) is 13.8 Å². The summed E-state index contributed by atoms with van der Waals surface area (Å²) in [5.41, 5.74) is 5.33. The molecule has 0 heterocycles. The summed E-state index contributed by atoms with van der Waals surface area (Å²) < 4.78 is 0. The van der Waals surface area contributed by atoms with Crippen molar-refractivity contribution in [2.45, 2.75) is 52.1 Å². The molecule has 0 aromatic rings. The summed E-state index contributed by atoms with van der Waals surface area (Å²) in [6, 6.07) is -0.826. The van der Waals surface area contributed by atoms with Crippen LogP contribution in [0.3, 0.4) is 0 Å². The Hall–Kier alpha value is -1.10. The van der Waals surface area contributed by atoms with Gasteiger partial charge in [-0.05, 0) is 26.2 Å². The molecule has 0 fully saturated rings. The lowest BCUT2D eigenvalue weighted by Gasteiger charge is -2.20. The van der Waals surface area contributed by atoms with Crippen molar-refractivity contribution in [3.63, 3.8) is 0 Å². The number of carbonyl (C=O) groups is 2. The number of carboxylic acids is 1. The molecule has 0 saturated heterocycles. The number of hydrogen-bond donors (Lipinski definition) is 3. The minimum Gasteiger partial charge on any atom is -0.480 e. The molecular weight excluding hydrogens is 208 g/mol. The number of rotatable bonds is 6. The monoisotopic (exact) mass is 230 g/mol. The third kappa shape index (κ3) is 6.40. The maximum Gasteiger partial charge on any atom is 0.326 e. The molecule has 94 valence electrons. The fraction of sp³-hybridized carbons (Fsp3) is 0.818. The zero-order chi connectivity index (χ0) is 12.9. The third-order valence-corrected chi connectivity index (χ3v) is 2.25. The SMILES string of the molecule is CC(C)[C@H](NC(=O)CCC(C)(C)N)C(=O)O. The Morgan fingerprint density at radius 2 is 1.88 bits per heavy atom. The van der Waals surface area contributed by atoms with Gasteiger partial charge in [-0.15, -0.1) is 0 Å². The van der Waals surface area contributed by atoms with Crippen molar-refractivity contribution in [2.75, 3.05) is 0 Å². The molecule has 0 saturated carbocycles. The summed E-state index contributed by atoms with van der Waals surface area (Å²) in [7, 11) is 0. The molecule has 0 aliphatic heterocycles. The van der Waals surface area contributed by atoms with E-state index < -0.39 is 17.6 Å². The van der Waals surface area contributed by atoms with Gasteiger partial charge in [0, 0.05) is 12.0 Å². The van der Waals surface area contributed by atoms with E-state index in [4.69, 9.17) is 10.8 Å². The standard InChI is InChI=1S/C11H22N2O3/c1-7(2)9(10(15)16)13-8(14)5-6-11(3,4)12/h7,9H,5-6,12H2,1-4H3,(H,13,14)(H,15,16)/t9-/m0/s1. The van der Waals surface area contributed by atoms with Crippen molar-refractivity contribution >= 4 is 11.9 Å². The largest absolute Gasteiger partial charge is 0.480 e. The molecule has 0 spiro atoms. The van der Waals surface area contributed by atoms with E-state index >= 15 is 0 Å². The number of aliphatic carboxylic acids is 1. The number of hydrogen-bond acceptors (Lipinski definition) is 3. The van der Waals surface area contributed by atoms with E-state index in [2.05, 4.69) is 5.32 Å². The van der Waals surface area contributed by atoms with Crippen LogP contribution in [0.1, 0.15) is 40.5 Å². The van der Waals surface area contributed by atoms with Gasteiger partial charge in [-0.3, -0.25) is 4.79 Å². The van der Waals surface area contributed by atoms with Crippen molar-refractivity contribution in [3.8, 4) is 0 Å². The molecule has 5 nitrogen and oxygen atoms in total. The van der Waals surface area contributed by atoms with E-state index in [1.165, 1.54) is 0 Å². The highest BCUT2D eigenvalue weighted by Gasteiger charge is 2.23. The van der Waals surface area contributed by atoms with Gasteiger partial charge >= 0.3 is 5.97 Å². The van der Waals surface area contributed by atoms with Gasteiger partial charge in [0.2, 0.25) is 5.91 Å². The Morgan fingerprint density at radius 1 is 1.38 bits per heavy atom. The zero-order valence-electron chi connectivity index (χ0n) is 10.4. The smallest absolute Gasteiger partial charge is 0.326 e. The third-order valence-electron chi connectivity index (χ3n) is 2.25. The quantitative estimate of drug-likeness (QED) is 0.627. The summed E-state index contributed by atoms with van der Waals surface area (Å²) in [6.45, 7) is 7.17. The van der Waals surface area contributed by atoms with Crippen molar-refractivity contribution in [2.24, 2.45) is 11.7 Å². The second kappa shape index (κ2) is 5.84. The first-order valence-corrected chi connectivity index (χ1v) is 5.44. The molecule has 0 aliphatic carbocycles. The van der Waals surface area contributed by atoms with Crippen LogP contribution in [0, 0.1) is 5.92 Å². The number of amides is 1. The van der Waals surface area contributed by atoms with Crippen molar-refractivity contribution in [1.29, 1.82) is 0 Å². The number of nitrogens with one attached hydrogen (secondary N) is 1. The summed E-state index contributed by atoms with van der Waals surface area (Å²) in [5.74, 6) is -1.40. The van der Waals surface area contributed by atoms with Crippen LogP contribution >= 0.6 is 0 Å². The van der Waals surface area contributed by atoms with Gasteiger partial charge in [0.05, 0.1) is 0 Å². The summed E-state index contributed by atoms with van der Waals surface area (Å²) in [4.78, 5) is 22.3. The van der Waals surface area contributed by atoms with Crippen LogP contribution in [0.2, 0.25) is 0 Å². The average molecular weight is 230 g/mol. The van der Waals surface area contributed by atoms with Gasteiger partial charge in [0.1, 0.15) is 6.04 Å². The average Bonchev–Trinajstić information content (AvgIpc) is 2.08. The van der Waals surface area contributed by atoms with Crippen LogP contribution in [0.25, 0.3) is 0 Å². The molecule has 0 rings (SSSR count). The number of carboxylic acid groups (broad SMARTS) is 1. The van der Waals surface area contributed by atoms with Crippen molar-refractivity contribution in [1.82, 2.24) is 5.32 Å². The molecule has 0 unspecified atom stereocenters. The van der Waals surface area contributed by atoms with Gasteiger partial charge in [-0.2, -0.15) is 0 Å². The molecular formula is C11H22N2O3. The predicted molar refractivity (Wildman–Crippen MR) is 61.9 cm³/mol. The van der Waals surface area contributed by atoms with Gasteiger partial charge in [0.15, 0.2) is 0 Å². The Balaban J connectivity index is 4.17. The van der Waals surface area contributed by atoms with Gasteiger partial charge < -0.3 is 16.2 Å². The first-order valence-electron chi connectivity index (χ1n) is 5.44. The molecule has 1 amide bonds. The normalized spacial score (nSPS) is 13.6. The highest BCUT2D eigenvalue weighted by atomic mass is 16.4. The minimum absolute atomic E-state index is 0.132. The first kappa shape index (κ1) is 14.9. The fourth-order valence-electron chi connectivity index (χ4n) is 1.19. The van der Waals surface area contributed by atoms with E-state index in [0.717, 1.165) is 0 Å². The van der Waals surface area contributed by atoms with Gasteiger partial charge in [-0.25, -0.2) is 4.79 Å². The second-order valence-corrected chi connectivity index (χ2v) is 5.12. The Bertz CT molecular complexity index is 256. The van der Waals surface area contributed by atoms with Crippen LogP contribution in [-0.2, 0) is 9.59 Å². The van der Waals surface area contributed by atoms with E-state index in [9.17, 15) is 9.59 Å². The molecule has 4 N–H and O–H groups in total. The van der Waals surface area contributed by atoms with E-state index in [0.29, 0.717) is 6.42 Å². The van der Waals surface area contributed by atoms with Crippen LogP contribution in [0.15, 0.2) is 0 Å². The van der Waals surface area contributed by atoms with Crippen LogP contribution in [0.4, 0.5) is 0 Å². The Kier molecular flexibility index (Phi) is 5.44. The van der Waals surface area contributed by atoms with Crippen molar-refractivity contribution in [3.05, 3.63) is 0 Å². The lowest BCUT2D eigenvalue weighted by Crippen LogP contribution is -2.45.